The number of hydrogen-bond donors (Lipinski definition) is 0. The lowest BCUT2D eigenvalue weighted by Crippen LogP contribution is -2.24. The number of nitrogens with zero attached hydrogens (tertiary/aromatic N) is 3. The van der Waals surface area contributed by atoms with E-state index in [2.05, 4.69) is 56.5 Å². The molecular weight excluding hydrogens is 394 g/mol. The van der Waals surface area contributed by atoms with Gasteiger partial charge in [-0.3, -0.25) is 4.79 Å². The van der Waals surface area contributed by atoms with E-state index >= 15 is 0 Å². The van der Waals surface area contributed by atoms with Crippen LogP contribution in [0.25, 0.3) is 11.0 Å². The van der Waals surface area contributed by atoms with Gasteiger partial charge in [-0.15, -0.1) is 0 Å². The average molecular weight is 424 g/mol. The fourth-order valence-corrected chi connectivity index (χ4v) is 5.00. The Kier molecular flexibility index (Phi) is 5.09. The van der Waals surface area contributed by atoms with Crippen LogP contribution in [0.2, 0.25) is 0 Å². The lowest BCUT2D eigenvalue weighted by Gasteiger charge is -2.20. The summed E-state index contributed by atoms with van der Waals surface area (Å²) in [6, 6.07) is 20.6. The summed E-state index contributed by atoms with van der Waals surface area (Å²) in [7, 11) is 0. The molecule has 1 amide bonds. The molecule has 4 aromatic rings. The van der Waals surface area contributed by atoms with E-state index in [1.165, 1.54) is 27.8 Å². The van der Waals surface area contributed by atoms with Crippen molar-refractivity contribution in [2.45, 2.75) is 46.6 Å². The molecule has 0 aliphatic carbocycles. The van der Waals surface area contributed by atoms with Crippen LogP contribution in [0.5, 0.6) is 0 Å². The van der Waals surface area contributed by atoms with Crippen LogP contribution in [-0.2, 0) is 11.3 Å². The van der Waals surface area contributed by atoms with E-state index < -0.39 is 0 Å². The molecule has 0 radical (unpaired) electrons. The number of anilines is 1. The maximum Gasteiger partial charge on any atom is 0.227 e. The molecule has 0 spiro atoms. The lowest BCUT2D eigenvalue weighted by molar-refractivity contribution is -0.117. The summed E-state index contributed by atoms with van der Waals surface area (Å²) >= 11 is 0. The van der Waals surface area contributed by atoms with E-state index in [0.717, 1.165) is 29.1 Å². The van der Waals surface area contributed by atoms with Crippen LogP contribution >= 0.6 is 0 Å². The van der Waals surface area contributed by atoms with Crippen LogP contribution in [0.1, 0.15) is 46.0 Å². The number of imidazole rings is 1. The molecule has 0 N–H and O–H groups in total. The first-order valence-corrected chi connectivity index (χ1v) is 11.3. The van der Waals surface area contributed by atoms with Gasteiger partial charge in [0.15, 0.2) is 0 Å². The van der Waals surface area contributed by atoms with Crippen molar-refractivity contribution in [3.05, 3.63) is 94.3 Å². The third-order valence-electron chi connectivity index (χ3n) is 7.08. The molecule has 32 heavy (non-hydrogen) atoms. The zero-order chi connectivity index (χ0) is 22.4. The topological polar surface area (TPSA) is 38.1 Å². The van der Waals surface area contributed by atoms with Crippen molar-refractivity contribution in [2.75, 3.05) is 11.4 Å². The number of fused-ring (bicyclic) bond motifs is 1. The molecule has 0 saturated carbocycles. The predicted molar refractivity (Wildman–Crippen MR) is 130 cm³/mol. The third kappa shape index (κ3) is 3.40. The molecule has 2 heterocycles. The summed E-state index contributed by atoms with van der Waals surface area (Å²) < 4.78 is 2.34. The van der Waals surface area contributed by atoms with E-state index in [9.17, 15) is 4.79 Å². The SMILES string of the molecule is Cc1cc(C)c(C)c(Cn2c([C@H]3CC(=O)N(c4ccccc4)C3)nc3ccccc32)c1C. The molecule has 0 unspecified atom stereocenters. The van der Waals surface area contributed by atoms with Crippen LogP contribution in [0.4, 0.5) is 5.69 Å². The summed E-state index contributed by atoms with van der Waals surface area (Å²) in [5.74, 6) is 1.25. The number of rotatable bonds is 4. The largest absolute Gasteiger partial charge is 0.323 e. The van der Waals surface area contributed by atoms with Gasteiger partial charge in [-0.05, 0) is 79.8 Å². The normalized spacial score (nSPS) is 16.3. The molecule has 1 fully saturated rings. The van der Waals surface area contributed by atoms with E-state index in [-0.39, 0.29) is 11.8 Å². The Hall–Kier alpha value is -3.40. The highest BCUT2D eigenvalue weighted by atomic mass is 16.2. The molecule has 4 heteroatoms. The molecule has 5 rings (SSSR count). The molecule has 162 valence electrons. The highest BCUT2D eigenvalue weighted by molar-refractivity contribution is 5.96. The van der Waals surface area contributed by atoms with Crippen molar-refractivity contribution in [2.24, 2.45) is 0 Å². The fourth-order valence-electron chi connectivity index (χ4n) is 5.00. The van der Waals surface area contributed by atoms with Gasteiger partial charge in [-0.25, -0.2) is 4.98 Å². The molecule has 4 nitrogen and oxygen atoms in total. The van der Waals surface area contributed by atoms with E-state index in [1.54, 1.807) is 0 Å². The van der Waals surface area contributed by atoms with E-state index in [4.69, 9.17) is 4.98 Å². The van der Waals surface area contributed by atoms with Gasteiger partial charge in [0.2, 0.25) is 5.91 Å². The Morgan fingerprint density at radius 2 is 1.56 bits per heavy atom. The number of carbonyl (C=O) groups excluding carboxylic acids is 1. The highest BCUT2D eigenvalue weighted by Gasteiger charge is 2.35. The molecule has 1 saturated heterocycles. The van der Waals surface area contributed by atoms with E-state index in [1.807, 2.05) is 41.3 Å². The van der Waals surface area contributed by atoms with Crippen LogP contribution in [0, 0.1) is 27.7 Å². The third-order valence-corrected chi connectivity index (χ3v) is 7.08. The summed E-state index contributed by atoms with van der Waals surface area (Å²) in [4.78, 5) is 19.9. The van der Waals surface area contributed by atoms with Gasteiger partial charge in [0.25, 0.3) is 0 Å². The number of aromatic nitrogens is 2. The van der Waals surface area contributed by atoms with Gasteiger partial charge in [0, 0.05) is 31.1 Å². The Balaban J connectivity index is 1.59. The molecule has 1 aliphatic heterocycles. The van der Waals surface area contributed by atoms with E-state index in [0.29, 0.717) is 13.0 Å². The standard InChI is InChI=1S/C28H29N3O/c1-18-14-19(2)21(4)24(20(18)3)17-31-26-13-9-8-12-25(26)29-28(31)22-15-27(32)30(16-22)23-10-6-5-7-11-23/h5-14,22H,15-17H2,1-4H3/t22-/m0/s1. The van der Waals surface area contributed by atoms with Gasteiger partial charge in [-0.1, -0.05) is 36.4 Å². The lowest BCUT2D eigenvalue weighted by atomic mass is 9.94. The maximum atomic E-state index is 12.9. The first-order valence-electron chi connectivity index (χ1n) is 11.3. The molecule has 0 bridgehead atoms. The number of amides is 1. The van der Waals surface area contributed by atoms with Crippen molar-refractivity contribution in [3.63, 3.8) is 0 Å². The molecular formula is C28H29N3O. The maximum absolute atomic E-state index is 12.9. The minimum absolute atomic E-state index is 0.0709. The average Bonchev–Trinajstić information content (AvgIpc) is 3.36. The number of carbonyl (C=O) groups is 1. The van der Waals surface area contributed by atoms with Crippen molar-refractivity contribution < 1.29 is 4.79 Å². The summed E-state index contributed by atoms with van der Waals surface area (Å²) in [5, 5.41) is 0. The fraction of sp³-hybridized carbons (Fsp3) is 0.286. The van der Waals surface area contributed by atoms with Crippen LogP contribution in [-0.4, -0.2) is 22.0 Å². The van der Waals surface area contributed by atoms with Crippen LogP contribution in [0.15, 0.2) is 60.7 Å². The van der Waals surface area contributed by atoms with Crippen molar-refractivity contribution in [1.29, 1.82) is 0 Å². The Bertz CT molecular complexity index is 1290. The zero-order valence-electron chi connectivity index (χ0n) is 19.2. The summed E-state index contributed by atoms with van der Waals surface area (Å²) in [6.07, 6.45) is 0.489. The first-order chi connectivity index (χ1) is 15.4. The molecule has 1 aliphatic rings. The number of aryl methyl sites for hydroxylation is 2. The zero-order valence-corrected chi connectivity index (χ0v) is 19.2. The number of para-hydroxylation sites is 3. The van der Waals surface area contributed by atoms with Gasteiger partial charge >= 0.3 is 0 Å². The Morgan fingerprint density at radius 1 is 0.906 bits per heavy atom. The van der Waals surface area contributed by atoms with Gasteiger partial charge < -0.3 is 9.47 Å². The Labute approximate surface area is 189 Å². The monoisotopic (exact) mass is 423 g/mol. The molecule has 1 aromatic heterocycles. The Morgan fingerprint density at radius 3 is 2.28 bits per heavy atom. The minimum Gasteiger partial charge on any atom is -0.323 e. The summed E-state index contributed by atoms with van der Waals surface area (Å²) in [5.41, 5.74) is 9.76. The predicted octanol–water partition coefficient (Wildman–Crippen LogP) is 5.84. The second kappa shape index (κ2) is 7.94. The van der Waals surface area contributed by atoms with Crippen molar-refractivity contribution in [3.8, 4) is 0 Å². The minimum atomic E-state index is 0.0709. The van der Waals surface area contributed by atoms with Crippen LogP contribution in [0.3, 0.4) is 0 Å². The van der Waals surface area contributed by atoms with Gasteiger partial charge in [0.05, 0.1) is 11.0 Å². The quantitative estimate of drug-likeness (QED) is 0.414. The first kappa shape index (κ1) is 20.5. The smallest absolute Gasteiger partial charge is 0.227 e. The highest BCUT2D eigenvalue weighted by Crippen LogP contribution is 2.34. The number of hydrogen-bond acceptors (Lipinski definition) is 2. The summed E-state index contributed by atoms with van der Waals surface area (Å²) in [6.45, 7) is 10.2. The van der Waals surface area contributed by atoms with Gasteiger partial charge in [0.1, 0.15) is 5.82 Å². The van der Waals surface area contributed by atoms with Crippen LogP contribution < -0.4 is 4.90 Å². The molecule has 3 aromatic carbocycles. The molecule has 1 atom stereocenters. The second-order valence-corrected chi connectivity index (χ2v) is 9.02. The van der Waals surface area contributed by atoms with Gasteiger partial charge in [-0.2, -0.15) is 0 Å². The van der Waals surface area contributed by atoms with Crippen molar-refractivity contribution in [1.82, 2.24) is 9.55 Å². The number of benzene rings is 3. The van der Waals surface area contributed by atoms with Crippen molar-refractivity contribution >= 4 is 22.6 Å². The second-order valence-electron chi connectivity index (χ2n) is 9.02.